The first-order valence-corrected chi connectivity index (χ1v) is 20.3. The first-order valence-electron chi connectivity index (χ1n) is 20.3. The van der Waals surface area contributed by atoms with Crippen LogP contribution >= 0.6 is 0 Å². The molecule has 0 atom stereocenters. The largest absolute Gasteiger partial charge is 0.311 e. The molecular weight excluding hydrogens is 729 g/mol. The Morgan fingerprint density at radius 3 is 1.52 bits per heavy atom. The average Bonchev–Trinajstić information content (AvgIpc) is 3.33. The number of pyridine rings is 3. The van der Waals surface area contributed by atoms with Crippen LogP contribution in [0.2, 0.25) is 0 Å². The molecule has 0 bridgehead atoms. The molecule has 0 aliphatic carbocycles. The van der Waals surface area contributed by atoms with Crippen molar-refractivity contribution in [3.63, 3.8) is 0 Å². The predicted octanol–water partition coefficient (Wildman–Crippen LogP) is 12.3. The van der Waals surface area contributed by atoms with Crippen molar-refractivity contribution in [2.45, 2.75) is 6.54 Å². The summed E-state index contributed by atoms with van der Waals surface area (Å²) in [6.45, 7) is 8.62. The smallest absolute Gasteiger partial charge is 0.225 e. The Bertz CT molecular complexity index is 2980. The van der Waals surface area contributed by atoms with E-state index in [-0.39, 0.29) is 0 Å². The van der Waals surface area contributed by atoms with E-state index in [0.717, 1.165) is 78.9 Å². The third-order valence-electron chi connectivity index (χ3n) is 11.5. The maximum Gasteiger partial charge on any atom is 0.225 e. The van der Waals surface area contributed by atoms with E-state index in [1.165, 1.54) is 11.1 Å². The lowest BCUT2D eigenvalue weighted by Crippen LogP contribution is -2.39. The van der Waals surface area contributed by atoms with Gasteiger partial charge >= 0.3 is 0 Å². The van der Waals surface area contributed by atoms with Gasteiger partial charge in [-0.15, -0.1) is 0 Å². The Kier molecular flexibility index (Phi) is 9.57. The van der Waals surface area contributed by atoms with Crippen molar-refractivity contribution in [1.29, 1.82) is 0 Å². The topological polar surface area (TPSA) is 14.9 Å². The van der Waals surface area contributed by atoms with Crippen LogP contribution in [0, 0.1) is 0 Å². The van der Waals surface area contributed by atoms with Crippen molar-refractivity contribution in [3.05, 3.63) is 243 Å². The van der Waals surface area contributed by atoms with E-state index >= 15 is 0 Å². The van der Waals surface area contributed by atoms with Crippen LogP contribution < -0.4 is 18.6 Å². The molecule has 0 unspecified atom stereocenters. The van der Waals surface area contributed by atoms with Crippen molar-refractivity contribution in [2.75, 3.05) is 4.90 Å². The standard InChI is InChI=1S/C56H43N4/c1-3-41-22-29-46(30-23-41)60(47-31-24-42(4-2)25-32-47)48-33-26-43(27-34-48)44-28-35-56-51(39-44)52-18-9-12-36-57(52)40-45-15-5-6-16-49(45)53-20-10-13-37-58(53)54-19-8-7-17-50(54)55-21-11-14-38-59(55)56/h3-39H,1-2,40H2/q+3. The van der Waals surface area contributed by atoms with Gasteiger partial charge in [0.15, 0.2) is 25.1 Å². The number of para-hydroxylation sites is 1. The summed E-state index contributed by atoms with van der Waals surface area (Å²) in [5.74, 6) is 0. The van der Waals surface area contributed by atoms with Crippen molar-refractivity contribution < 1.29 is 13.7 Å². The molecule has 4 heteroatoms. The summed E-state index contributed by atoms with van der Waals surface area (Å²) >= 11 is 0. The molecule has 9 aromatic rings. The normalized spacial score (nSPS) is 11.4. The lowest BCUT2D eigenvalue weighted by atomic mass is 9.98. The quantitative estimate of drug-likeness (QED) is 0.154. The molecule has 1 aliphatic rings. The van der Waals surface area contributed by atoms with Crippen LogP contribution in [0.4, 0.5) is 17.1 Å². The Morgan fingerprint density at radius 1 is 0.400 bits per heavy atom. The fourth-order valence-corrected chi connectivity index (χ4v) is 8.50. The second-order valence-corrected chi connectivity index (χ2v) is 15.0. The monoisotopic (exact) mass is 771 g/mol. The van der Waals surface area contributed by atoms with Crippen LogP contribution in [0.15, 0.2) is 226 Å². The van der Waals surface area contributed by atoms with Crippen molar-refractivity contribution in [2.24, 2.45) is 0 Å². The van der Waals surface area contributed by atoms with Gasteiger partial charge in [-0.05, 0) is 101 Å². The van der Waals surface area contributed by atoms with Gasteiger partial charge in [-0.1, -0.05) is 92.0 Å². The first kappa shape index (κ1) is 36.4. The highest BCUT2D eigenvalue weighted by Crippen LogP contribution is 2.38. The molecule has 284 valence electrons. The fourth-order valence-electron chi connectivity index (χ4n) is 8.50. The van der Waals surface area contributed by atoms with Crippen LogP contribution in [0.3, 0.4) is 0 Å². The molecule has 0 saturated heterocycles. The Labute approximate surface area is 351 Å². The van der Waals surface area contributed by atoms with Crippen LogP contribution in [-0.4, -0.2) is 0 Å². The SMILES string of the molecule is C=Cc1ccc(N(c2ccc(C=C)cc2)c2ccc(-c3ccc4c(c3)-c3cccc[n+]3Cc3ccccc3-c3cccc[n+]3-c3ccccc3-c3cccc[n+]3-4)cc2)cc1. The van der Waals surface area contributed by atoms with Gasteiger partial charge in [-0.3, -0.25) is 0 Å². The molecule has 0 spiro atoms. The molecule has 0 saturated carbocycles. The van der Waals surface area contributed by atoms with Crippen molar-refractivity contribution >= 4 is 29.2 Å². The third kappa shape index (κ3) is 6.70. The maximum absolute atomic E-state index is 3.96. The first-order chi connectivity index (χ1) is 29.7. The molecule has 10 rings (SSSR count). The molecular formula is C56H43N4+3. The number of fused-ring (bicyclic) bond motifs is 11. The van der Waals surface area contributed by atoms with E-state index in [0.29, 0.717) is 6.54 Å². The Balaban J connectivity index is 1.15. The van der Waals surface area contributed by atoms with Crippen LogP contribution in [0.1, 0.15) is 16.7 Å². The van der Waals surface area contributed by atoms with Gasteiger partial charge < -0.3 is 4.90 Å². The number of rotatable bonds is 6. The highest BCUT2D eigenvalue weighted by Gasteiger charge is 2.31. The van der Waals surface area contributed by atoms with E-state index in [9.17, 15) is 0 Å². The Morgan fingerprint density at radius 2 is 0.883 bits per heavy atom. The summed E-state index contributed by atoms with van der Waals surface area (Å²) in [7, 11) is 0. The molecule has 4 nitrogen and oxygen atoms in total. The molecule has 0 amide bonds. The lowest BCUT2D eigenvalue weighted by molar-refractivity contribution is -0.678. The number of aromatic nitrogens is 3. The minimum atomic E-state index is 0.699. The van der Waals surface area contributed by atoms with Gasteiger partial charge in [-0.25, -0.2) is 0 Å². The average molecular weight is 772 g/mol. The molecule has 4 heterocycles. The zero-order chi connectivity index (χ0) is 40.4. The number of hydrogen-bond donors (Lipinski definition) is 0. The summed E-state index contributed by atoms with van der Waals surface area (Å²) < 4.78 is 7.07. The lowest BCUT2D eigenvalue weighted by Gasteiger charge is -2.26. The van der Waals surface area contributed by atoms with E-state index < -0.39 is 0 Å². The third-order valence-corrected chi connectivity index (χ3v) is 11.5. The van der Waals surface area contributed by atoms with E-state index in [1.54, 1.807) is 0 Å². The minimum Gasteiger partial charge on any atom is -0.311 e. The molecule has 1 aliphatic heterocycles. The van der Waals surface area contributed by atoms with E-state index in [2.05, 4.69) is 244 Å². The molecule has 0 fully saturated rings. The van der Waals surface area contributed by atoms with Crippen molar-refractivity contribution in [3.8, 4) is 56.3 Å². The second kappa shape index (κ2) is 15.8. The van der Waals surface area contributed by atoms with E-state index in [1.807, 2.05) is 12.2 Å². The highest BCUT2D eigenvalue weighted by atomic mass is 15.1. The summed E-state index contributed by atoms with van der Waals surface area (Å²) in [6, 6.07) is 69.9. The van der Waals surface area contributed by atoms with Crippen LogP contribution in [-0.2, 0) is 6.54 Å². The van der Waals surface area contributed by atoms with Crippen molar-refractivity contribution in [1.82, 2.24) is 0 Å². The molecule has 0 N–H and O–H groups in total. The van der Waals surface area contributed by atoms with Gasteiger partial charge in [0.2, 0.25) is 28.5 Å². The molecule has 0 radical (unpaired) electrons. The van der Waals surface area contributed by atoms with Gasteiger partial charge in [0, 0.05) is 71.2 Å². The minimum absolute atomic E-state index is 0.699. The van der Waals surface area contributed by atoms with Crippen LogP contribution in [0.25, 0.3) is 68.4 Å². The number of nitrogens with zero attached hydrogens (tertiary/aromatic N) is 4. The maximum atomic E-state index is 3.96. The number of benzene rings is 6. The summed E-state index contributed by atoms with van der Waals surface area (Å²) in [4.78, 5) is 2.29. The van der Waals surface area contributed by atoms with Gasteiger partial charge in [0.05, 0.1) is 5.56 Å². The van der Waals surface area contributed by atoms with Crippen LogP contribution in [0.5, 0.6) is 0 Å². The summed E-state index contributed by atoms with van der Waals surface area (Å²) in [5, 5.41) is 0. The van der Waals surface area contributed by atoms with Gasteiger partial charge in [0.1, 0.15) is 11.1 Å². The van der Waals surface area contributed by atoms with E-state index in [4.69, 9.17) is 0 Å². The number of hydrogen-bond acceptors (Lipinski definition) is 1. The number of anilines is 3. The summed E-state index contributed by atoms with van der Waals surface area (Å²) in [6.07, 6.45) is 10.3. The van der Waals surface area contributed by atoms with Gasteiger partial charge in [-0.2, -0.15) is 13.7 Å². The Hall–Kier alpha value is -7.95. The molecule has 3 aromatic heterocycles. The predicted molar refractivity (Wildman–Crippen MR) is 245 cm³/mol. The zero-order valence-corrected chi connectivity index (χ0v) is 33.3. The van der Waals surface area contributed by atoms with Gasteiger partial charge in [0.25, 0.3) is 0 Å². The zero-order valence-electron chi connectivity index (χ0n) is 33.3. The highest BCUT2D eigenvalue weighted by molar-refractivity contribution is 5.81. The summed E-state index contributed by atoms with van der Waals surface area (Å²) in [5.41, 5.74) is 18.0. The fraction of sp³-hybridized carbons (Fsp3) is 0.0179. The molecule has 6 aromatic carbocycles. The second-order valence-electron chi connectivity index (χ2n) is 15.0. The molecule has 60 heavy (non-hydrogen) atoms.